The van der Waals surface area contributed by atoms with Gasteiger partial charge >= 0.3 is 12.1 Å². The van der Waals surface area contributed by atoms with Crippen molar-refractivity contribution in [3.63, 3.8) is 0 Å². The molecule has 0 unspecified atom stereocenters. The normalized spacial score (nSPS) is 13.9. The second-order valence-electron chi connectivity index (χ2n) is 11.7. The van der Waals surface area contributed by atoms with Crippen LogP contribution in [0.5, 0.6) is 11.5 Å². The van der Waals surface area contributed by atoms with Gasteiger partial charge in [-0.05, 0) is 72.4 Å². The molecule has 1 fully saturated rings. The molecule has 1 aliphatic rings. The molecule has 0 saturated carbocycles. The monoisotopic (exact) mass is 687 g/mol. The number of hydroxylamine groups is 2. The minimum Gasteiger partial charge on any atom is -0.491 e. The van der Waals surface area contributed by atoms with E-state index < -0.39 is 12.1 Å². The Labute approximate surface area is 294 Å². The molecular weight excluding hydrogens is 642 g/mol. The van der Waals surface area contributed by atoms with Crippen LogP contribution < -0.4 is 9.47 Å². The van der Waals surface area contributed by atoms with Crippen molar-refractivity contribution in [1.82, 2.24) is 14.9 Å². The second-order valence-corrected chi connectivity index (χ2v) is 12.1. The Hall–Kier alpha value is -4.41. The topological polar surface area (TPSA) is 91.8 Å². The van der Waals surface area contributed by atoms with E-state index in [4.69, 9.17) is 25.8 Å². The van der Waals surface area contributed by atoms with E-state index in [1.54, 1.807) is 30.3 Å². The van der Waals surface area contributed by atoms with E-state index in [1.165, 1.54) is 18.2 Å². The summed E-state index contributed by atoms with van der Waals surface area (Å²) in [7, 11) is 1.36. The number of para-hydroxylation sites is 1. The fraction of sp³-hybridized carbons (Fsp3) is 0.333. The van der Waals surface area contributed by atoms with Gasteiger partial charge < -0.3 is 14.2 Å². The van der Waals surface area contributed by atoms with Crippen LogP contribution in [0.2, 0.25) is 5.02 Å². The van der Waals surface area contributed by atoms with Crippen LogP contribution >= 0.6 is 11.6 Å². The average molecular weight is 688 g/mol. The van der Waals surface area contributed by atoms with Crippen molar-refractivity contribution in [2.75, 3.05) is 53.0 Å². The number of carbonyl (C=O) groups is 2. The number of nitrogens with zero attached hydrogens (tertiary/aromatic N) is 3. The Morgan fingerprint density at radius 1 is 0.857 bits per heavy atom. The number of hydrogen-bond donors (Lipinski definition) is 1. The Kier molecular flexibility index (Phi) is 14.5. The molecule has 0 aromatic heterocycles. The third-order valence-electron chi connectivity index (χ3n) is 8.43. The summed E-state index contributed by atoms with van der Waals surface area (Å²) in [4.78, 5) is 29.6. The number of carbonyl (C=O) groups excluding carboxylic acids is 2. The van der Waals surface area contributed by atoms with Crippen LogP contribution in [-0.2, 0) is 11.2 Å². The van der Waals surface area contributed by atoms with Crippen molar-refractivity contribution >= 4 is 23.7 Å². The van der Waals surface area contributed by atoms with E-state index in [2.05, 4.69) is 46.2 Å². The maximum absolute atomic E-state index is 12.6. The summed E-state index contributed by atoms with van der Waals surface area (Å²) in [6, 6.07) is 33.0. The van der Waals surface area contributed by atoms with Crippen LogP contribution in [-0.4, -0.2) is 85.1 Å². The summed E-state index contributed by atoms with van der Waals surface area (Å²) < 4.78 is 16.3. The molecule has 4 aromatic rings. The minimum atomic E-state index is -0.827. The summed E-state index contributed by atoms with van der Waals surface area (Å²) in [5.74, 6) is 0.394. The van der Waals surface area contributed by atoms with Gasteiger partial charge in [-0.15, -0.1) is 0 Å². The maximum Gasteiger partial charge on any atom is 0.439 e. The van der Waals surface area contributed by atoms with E-state index in [0.29, 0.717) is 48.0 Å². The van der Waals surface area contributed by atoms with Crippen LogP contribution in [0.15, 0.2) is 103 Å². The third kappa shape index (κ3) is 10.8. The van der Waals surface area contributed by atoms with E-state index >= 15 is 0 Å². The molecule has 5 rings (SSSR count). The fourth-order valence-corrected chi connectivity index (χ4v) is 6.00. The maximum atomic E-state index is 12.6. The van der Waals surface area contributed by atoms with Crippen LogP contribution in [0.25, 0.3) is 0 Å². The Bertz CT molecular complexity index is 1600. The van der Waals surface area contributed by atoms with Gasteiger partial charge in [-0.1, -0.05) is 85.8 Å². The van der Waals surface area contributed by atoms with Gasteiger partial charge in [-0.3, -0.25) is 15.0 Å². The Balaban J connectivity index is 0.00000541. The van der Waals surface area contributed by atoms with Crippen molar-refractivity contribution in [1.29, 1.82) is 0 Å². The standard InChI is InChI=1S/C38H42ClN3O6.CH4/c1-46-37(43)34-28-29(10-8-9-21-42(45)38(44)48-33-13-6-3-7-14-33)15-20-35(34)47-27-26-40-22-24-41(25-23-40)36(30-11-4-2-5-12-30)31-16-18-32(39)19-17-31;/h2-7,11-20,28,36,45H,8-10,21-27H2,1H3;1H4/t36-;/m1./s1. The molecular formula is C39H46ClN3O6. The summed E-state index contributed by atoms with van der Waals surface area (Å²) in [5, 5.41) is 11.4. The minimum absolute atomic E-state index is 0. The lowest BCUT2D eigenvalue weighted by Gasteiger charge is -2.39. The number of esters is 1. The molecule has 9 nitrogen and oxygen atoms in total. The van der Waals surface area contributed by atoms with Crippen molar-refractivity contribution in [3.8, 4) is 11.5 Å². The molecule has 1 amide bonds. The predicted octanol–water partition coefficient (Wildman–Crippen LogP) is 7.76. The lowest BCUT2D eigenvalue weighted by Crippen LogP contribution is -2.48. The zero-order chi connectivity index (χ0) is 33.7. The number of hydrogen-bond acceptors (Lipinski definition) is 8. The summed E-state index contributed by atoms with van der Waals surface area (Å²) in [5.41, 5.74) is 3.79. The fourth-order valence-electron chi connectivity index (χ4n) is 5.88. The molecule has 10 heteroatoms. The smallest absolute Gasteiger partial charge is 0.439 e. The molecule has 0 radical (unpaired) electrons. The highest BCUT2D eigenvalue weighted by atomic mass is 35.5. The van der Waals surface area contributed by atoms with Gasteiger partial charge in [0, 0.05) is 37.7 Å². The van der Waals surface area contributed by atoms with Gasteiger partial charge in [0.25, 0.3) is 0 Å². The van der Waals surface area contributed by atoms with E-state index in [9.17, 15) is 14.8 Å². The van der Waals surface area contributed by atoms with Crippen LogP contribution in [0.3, 0.4) is 0 Å². The number of halogens is 1. The number of piperazine rings is 1. The molecule has 0 aliphatic carbocycles. The van der Waals surface area contributed by atoms with Gasteiger partial charge in [-0.25, -0.2) is 9.59 Å². The average Bonchev–Trinajstić information content (AvgIpc) is 3.12. The van der Waals surface area contributed by atoms with Crippen molar-refractivity contribution in [2.45, 2.75) is 32.7 Å². The molecule has 0 bridgehead atoms. The molecule has 1 N–H and O–H groups in total. The zero-order valence-electron chi connectivity index (χ0n) is 27.2. The molecule has 1 heterocycles. The van der Waals surface area contributed by atoms with Crippen LogP contribution in [0.4, 0.5) is 4.79 Å². The van der Waals surface area contributed by atoms with Gasteiger partial charge in [-0.2, -0.15) is 5.06 Å². The predicted molar refractivity (Wildman–Crippen MR) is 192 cm³/mol. The first-order valence-corrected chi connectivity index (χ1v) is 16.6. The van der Waals surface area contributed by atoms with Gasteiger partial charge in [0.2, 0.25) is 0 Å². The van der Waals surface area contributed by atoms with Gasteiger partial charge in [0.1, 0.15) is 23.7 Å². The molecule has 0 spiro atoms. The lowest BCUT2D eigenvalue weighted by atomic mass is 9.96. The second kappa shape index (κ2) is 19.0. The molecule has 1 atom stereocenters. The number of amides is 1. The highest BCUT2D eigenvalue weighted by Gasteiger charge is 2.26. The first-order chi connectivity index (χ1) is 23.4. The molecule has 1 aliphatic heterocycles. The Morgan fingerprint density at radius 3 is 2.18 bits per heavy atom. The first kappa shape index (κ1) is 37.4. The first-order valence-electron chi connectivity index (χ1n) is 16.3. The highest BCUT2D eigenvalue weighted by molar-refractivity contribution is 6.30. The number of ether oxygens (including phenoxy) is 3. The molecule has 260 valence electrons. The number of aryl methyl sites for hydroxylation is 1. The Morgan fingerprint density at radius 2 is 1.51 bits per heavy atom. The quantitative estimate of drug-likeness (QED) is 0.0623. The van der Waals surface area contributed by atoms with E-state index in [1.807, 2.05) is 36.4 Å². The number of unbranched alkanes of at least 4 members (excludes halogenated alkanes) is 1. The molecule has 4 aromatic carbocycles. The largest absolute Gasteiger partial charge is 0.491 e. The molecule has 1 saturated heterocycles. The highest BCUT2D eigenvalue weighted by Crippen LogP contribution is 2.30. The van der Waals surface area contributed by atoms with Crippen molar-refractivity contribution < 1.29 is 29.0 Å². The number of methoxy groups -OCH3 is 1. The summed E-state index contributed by atoms with van der Waals surface area (Å²) in [6.07, 6.45) is 1.05. The summed E-state index contributed by atoms with van der Waals surface area (Å²) >= 11 is 6.19. The lowest BCUT2D eigenvalue weighted by molar-refractivity contribution is -0.0610. The number of rotatable bonds is 14. The van der Waals surface area contributed by atoms with Crippen LogP contribution in [0.1, 0.15) is 53.4 Å². The summed E-state index contributed by atoms with van der Waals surface area (Å²) in [6.45, 7) is 4.92. The van der Waals surface area contributed by atoms with Crippen molar-refractivity contribution in [2.24, 2.45) is 0 Å². The van der Waals surface area contributed by atoms with Crippen molar-refractivity contribution in [3.05, 3.63) is 130 Å². The molecule has 49 heavy (non-hydrogen) atoms. The zero-order valence-corrected chi connectivity index (χ0v) is 27.9. The van der Waals surface area contributed by atoms with Crippen LogP contribution in [0, 0.1) is 0 Å². The van der Waals surface area contributed by atoms with Gasteiger partial charge in [0.05, 0.1) is 19.7 Å². The SMILES string of the molecule is C.COC(=O)c1cc(CCCCN(O)C(=O)Oc2ccccc2)ccc1OCCN1CCN([C@H](c2ccccc2)c2ccc(Cl)cc2)CC1. The van der Waals surface area contributed by atoms with E-state index in [-0.39, 0.29) is 20.0 Å². The number of benzene rings is 4. The third-order valence-corrected chi connectivity index (χ3v) is 8.68. The van der Waals surface area contributed by atoms with Gasteiger partial charge in [0.15, 0.2) is 0 Å². The van der Waals surface area contributed by atoms with E-state index in [0.717, 1.165) is 43.3 Å².